The third-order valence-corrected chi connectivity index (χ3v) is 7.00. The van der Waals surface area contributed by atoms with Crippen LogP contribution in [0.4, 0.5) is 0 Å². The summed E-state index contributed by atoms with van der Waals surface area (Å²) >= 11 is 2.90. The molecule has 2 fully saturated rings. The van der Waals surface area contributed by atoms with Crippen molar-refractivity contribution < 1.29 is 14.7 Å². The van der Waals surface area contributed by atoms with E-state index in [4.69, 9.17) is 0 Å². The molecule has 3 heterocycles. The fourth-order valence-electron chi connectivity index (χ4n) is 2.61. The number of aliphatic carboxylic acids is 1. The fraction of sp³-hybridized carbons (Fsp3) is 0.769. The number of rotatable bonds is 7. The number of β-lactam (4-membered cyclic amide) rings is 1. The minimum absolute atomic E-state index is 0.0404. The number of carbonyl (C=O) groups excluding carboxylic acids is 1. The first kappa shape index (κ1) is 17.5. The van der Waals surface area contributed by atoms with Gasteiger partial charge in [-0.3, -0.25) is 9.59 Å². The van der Waals surface area contributed by atoms with E-state index in [1.165, 1.54) is 11.8 Å². The van der Waals surface area contributed by atoms with Crippen molar-refractivity contribution >= 4 is 35.4 Å². The Kier molecular flexibility index (Phi) is 5.02. The van der Waals surface area contributed by atoms with Crippen LogP contribution in [0.5, 0.6) is 0 Å². The number of hydrogen-bond donors (Lipinski definition) is 1. The summed E-state index contributed by atoms with van der Waals surface area (Å²) in [6.07, 6.45) is 0.524. The predicted molar refractivity (Wildman–Crippen MR) is 89.7 cm³/mol. The highest BCUT2D eigenvalue weighted by molar-refractivity contribution is 8.00. The molecule has 0 saturated carbocycles. The quantitative estimate of drug-likeness (QED) is 0.510. The zero-order valence-electron chi connectivity index (χ0n) is 13.6. The van der Waals surface area contributed by atoms with Gasteiger partial charge < -0.3 is 14.9 Å². The van der Waals surface area contributed by atoms with Crippen molar-refractivity contribution in [3.8, 4) is 0 Å². The van der Waals surface area contributed by atoms with E-state index in [1.807, 2.05) is 19.0 Å². The number of carboxylic acids is 1. The molecule has 0 bridgehead atoms. The summed E-state index contributed by atoms with van der Waals surface area (Å²) in [5, 5.41) is 22.2. The van der Waals surface area contributed by atoms with Gasteiger partial charge in [-0.25, -0.2) is 4.68 Å². The van der Waals surface area contributed by atoms with E-state index in [1.54, 1.807) is 21.3 Å². The molecular formula is C13H20N6O3S2. The lowest BCUT2D eigenvalue weighted by Gasteiger charge is -2.49. The molecule has 132 valence electrons. The first-order valence-electron chi connectivity index (χ1n) is 7.59. The van der Waals surface area contributed by atoms with Crippen LogP contribution in [0.15, 0.2) is 5.16 Å². The normalized spacial score (nSPS) is 26.4. The highest BCUT2D eigenvalue weighted by atomic mass is 32.2. The summed E-state index contributed by atoms with van der Waals surface area (Å²) in [6.45, 7) is 1.71. The van der Waals surface area contributed by atoms with E-state index < -0.39 is 11.4 Å². The molecule has 1 amide bonds. The molecule has 1 aromatic rings. The summed E-state index contributed by atoms with van der Waals surface area (Å²) < 4.78 is 1.69. The summed E-state index contributed by atoms with van der Waals surface area (Å²) in [4.78, 5) is 27.3. The topological polar surface area (TPSA) is 104 Å². The Morgan fingerprint density at radius 2 is 2.33 bits per heavy atom. The molecule has 24 heavy (non-hydrogen) atoms. The van der Waals surface area contributed by atoms with Gasteiger partial charge in [0.05, 0.1) is 18.3 Å². The Morgan fingerprint density at radius 3 is 3.00 bits per heavy atom. The van der Waals surface area contributed by atoms with Crippen molar-refractivity contribution in [1.82, 2.24) is 30.0 Å². The van der Waals surface area contributed by atoms with Crippen LogP contribution in [0.3, 0.4) is 0 Å². The second-order valence-corrected chi connectivity index (χ2v) is 8.46. The molecular weight excluding hydrogens is 352 g/mol. The zero-order valence-corrected chi connectivity index (χ0v) is 15.2. The van der Waals surface area contributed by atoms with Crippen molar-refractivity contribution in [3.63, 3.8) is 0 Å². The van der Waals surface area contributed by atoms with Gasteiger partial charge in [-0.15, -0.1) is 16.9 Å². The van der Waals surface area contributed by atoms with E-state index >= 15 is 0 Å². The molecule has 2 saturated heterocycles. The summed E-state index contributed by atoms with van der Waals surface area (Å²) in [6, 6.07) is 0. The van der Waals surface area contributed by atoms with E-state index in [-0.39, 0.29) is 17.8 Å². The van der Waals surface area contributed by atoms with Crippen LogP contribution in [-0.2, 0) is 16.1 Å². The largest absolute Gasteiger partial charge is 0.481 e. The van der Waals surface area contributed by atoms with Gasteiger partial charge in [0, 0.05) is 24.6 Å². The minimum Gasteiger partial charge on any atom is -0.481 e. The zero-order chi connectivity index (χ0) is 17.3. The van der Waals surface area contributed by atoms with Crippen LogP contribution in [0.1, 0.15) is 6.42 Å². The molecule has 0 aliphatic carbocycles. The lowest BCUT2D eigenvalue weighted by Crippen LogP contribution is -2.61. The Bertz CT molecular complexity index is 639. The first-order valence-corrected chi connectivity index (χ1v) is 9.63. The molecule has 9 nitrogen and oxygen atoms in total. The number of carbonyl (C=O) groups is 2. The molecule has 0 radical (unpaired) electrons. The lowest BCUT2D eigenvalue weighted by atomic mass is 9.90. The lowest BCUT2D eigenvalue weighted by molar-refractivity contribution is -0.153. The standard InChI is InChI=1S/C13H20N6O3S2/c1-17(2)3-4-19-12(14-15-16-19)24-8-13(11(21)22)6-18-9(20)5-10(18)23-7-13/h10H,3-8H2,1-2H3,(H,21,22)/t10-,13?/m1/s1. The maximum atomic E-state index is 11.9. The van der Waals surface area contributed by atoms with Gasteiger partial charge in [-0.05, 0) is 24.5 Å². The second-order valence-electron chi connectivity index (χ2n) is 6.35. The number of amides is 1. The van der Waals surface area contributed by atoms with Gasteiger partial charge in [0.1, 0.15) is 5.41 Å². The second kappa shape index (κ2) is 6.89. The third kappa shape index (κ3) is 3.38. The number of aromatic nitrogens is 4. The Hall–Kier alpha value is -1.33. The number of tetrazole rings is 1. The highest BCUT2D eigenvalue weighted by Crippen LogP contribution is 2.43. The maximum Gasteiger partial charge on any atom is 0.313 e. The molecule has 2 atom stereocenters. The van der Waals surface area contributed by atoms with Crippen LogP contribution in [-0.4, -0.2) is 91.1 Å². The number of nitrogens with zero attached hydrogens (tertiary/aromatic N) is 6. The first-order chi connectivity index (χ1) is 11.4. The maximum absolute atomic E-state index is 11.9. The van der Waals surface area contributed by atoms with E-state index in [0.29, 0.717) is 29.6 Å². The molecule has 1 unspecified atom stereocenters. The van der Waals surface area contributed by atoms with Crippen LogP contribution in [0, 0.1) is 5.41 Å². The third-order valence-electron chi connectivity index (χ3n) is 4.23. The Labute approximate surface area is 148 Å². The molecule has 2 aliphatic heterocycles. The number of fused-ring (bicyclic) bond motifs is 1. The Morgan fingerprint density at radius 1 is 1.54 bits per heavy atom. The summed E-state index contributed by atoms with van der Waals surface area (Å²) in [5.74, 6) is 0.0172. The van der Waals surface area contributed by atoms with E-state index in [2.05, 4.69) is 15.5 Å². The van der Waals surface area contributed by atoms with Gasteiger partial charge in [-0.2, -0.15) is 0 Å². The van der Waals surface area contributed by atoms with Gasteiger partial charge in [-0.1, -0.05) is 11.8 Å². The van der Waals surface area contributed by atoms with Crippen LogP contribution < -0.4 is 0 Å². The van der Waals surface area contributed by atoms with Crippen molar-refractivity contribution in [2.24, 2.45) is 5.41 Å². The van der Waals surface area contributed by atoms with Crippen molar-refractivity contribution in [2.75, 3.05) is 38.7 Å². The molecule has 3 rings (SSSR count). The highest BCUT2D eigenvalue weighted by Gasteiger charge is 2.51. The average Bonchev–Trinajstić information content (AvgIpc) is 2.98. The van der Waals surface area contributed by atoms with E-state index in [0.717, 1.165) is 6.54 Å². The molecule has 11 heteroatoms. The van der Waals surface area contributed by atoms with Crippen LogP contribution >= 0.6 is 23.5 Å². The summed E-state index contributed by atoms with van der Waals surface area (Å²) in [7, 11) is 3.94. The van der Waals surface area contributed by atoms with Crippen LogP contribution in [0.25, 0.3) is 0 Å². The summed E-state index contributed by atoms with van der Waals surface area (Å²) in [5.41, 5.74) is -0.958. The van der Waals surface area contributed by atoms with Gasteiger partial charge >= 0.3 is 5.97 Å². The smallest absolute Gasteiger partial charge is 0.313 e. The Balaban J connectivity index is 1.66. The average molecular weight is 372 g/mol. The predicted octanol–water partition coefficient (Wildman–Crippen LogP) is -0.297. The molecule has 0 aromatic carbocycles. The van der Waals surface area contributed by atoms with Crippen LogP contribution in [0.2, 0.25) is 0 Å². The van der Waals surface area contributed by atoms with Gasteiger partial charge in [0.25, 0.3) is 0 Å². The van der Waals surface area contributed by atoms with Crippen molar-refractivity contribution in [3.05, 3.63) is 0 Å². The number of carboxylic acid groups (broad SMARTS) is 1. The number of hydrogen-bond acceptors (Lipinski definition) is 8. The van der Waals surface area contributed by atoms with Gasteiger partial charge in [0.15, 0.2) is 0 Å². The van der Waals surface area contributed by atoms with Crippen molar-refractivity contribution in [2.45, 2.75) is 23.5 Å². The number of likely N-dealkylation sites (N-methyl/N-ethyl adjacent to an activating group) is 1. The number of thioether (sulfide) groups is 2. The SMILES string of the molecule is CN(C)CCn1nnnc1SCC1(C(=O)O)CS[C@@H]2CC(=O)N2C1. The molecule has 1 aromatic heterocycles. The monoisotopic (exact) mass is 372 g/mol. The molecule has 2 aliphatic rings. The van der Waals surface area contributed by atoms with Gasteiger partial charge in [0.2, 0.25) is 11.1 Å². The minimum atomic E-state index is -0.958. The van der Waals surface area contributed by atoms with E-state index in [9.17, 15) is 14.7 Å². The fourth-order valence-corrected chi connectivity index (χ4v) is 5.29. The molecule has 1 N–H and O–H groups in total. The van der Waals surface area contributed by atoms with Crippen molar-refractivity contribution in [1.29, 1.82) is 0 Å². The molecule has 0 spiro atoms.